The molecule has 2 rings (SSSR count). The molecule has 0 bridgehead atoms. The third kappa shape index (κ3) is 3.14. The van der Waals surface area contributed by atoms with Gasteiger partial charge in [0.1, 0.15) is 5.82 Å². The Labute approximate surface area is 115 Å². The van der Waals surface area contributed by atoms with Crippen LogP contribution < -0.4 is 10.6 Å². The van der Waals surface area contributed by atoms with Gasteiger partial charge in [0, 0.05) is 24.7 Å². The quantitative estimate of drug-likeness (QED) is 0.782. The monoisotopic (exact) mass is 283 g/mol. The second-order valence-electron chi connectivity index (χ2n) is 4.51. The van der Waals surface area contributed by atoms with Gasteiger partial charge in [-0.15, -0.1) is 0 Å². The largest absolute Gasteiger partial charge is 0.478 e. The van der Waals surface area contributed by atoms with Crippen molar-refractivity contribution in [3.63, 3.8) is 0 Å². The van der Waals surface area contributed by atoms with Crippen LogP contribution in [0, 0.1) is 0 Å². The lowest BCUT2D eigenvalue weighted by molar-refractivity contribution is -0.123. The van der Waals surface area contributed by atoms with Crippen LogP contribution in [0.1, 0.15) is 30.1 Å². The molecule has 2 heterocycles. The zero-order valence-electron chi connectivity index (χ0n) is 10.3. The van der Waals surface area contributed by atoms with Crippen LogP contribution >= 0.6 is 11.6 Å². The SMILES string of the molecule is CC1NC(=O)CCC1Nc1ncc(C(=O)O)cc1Cl. The standard InChI is InChI=1S/C12H14ClN3O3/c1-6-9(2-3-10(17)15-6)16-11-8(13)4-7(5-14-11)12(18)19/h4-6,9H,2-3H2,1H3,(H,14,16)(H,15,17)(H,18,19). The fourth-order valence-corrected chi connectivity index (χ4v) is 2.22. The second-order valence-corrected chi connectivity index (χ2v) is 4.91. The number of nitrogens with one attached hydrogen (secondary N) is 2. The molecule has 0 radical (unpaired) electrons. The molecule has 1 aromatic heterocycles. The average Bonchev–Trinajstić information content (AvgIpc) is 2.34. The summed E-state index contributed by atoms with van der Waals surface area (Å²) in [7, 11) is 0. The number of carboxylic acids is 1. The van der Waals surface area contributed by atoms with Crippen molar-refractivity contribution in [2.45, 2.75) is 31.8 Å². The van der Waals surface area contributed by atoms with Crippen LogP contribution in [0.25, 0.3) is 0 Å². The van der Waals surface area contributed by atoms with E-state index >= 15 is 0 Å². The van der Waals surface area contributed by atoms with Crippen LogP contribution in [-0.4, -0.2) is 34.1 Å². The number of halogens is 1. The minimum absolute atomic E-state index is 0.0263. The van der Waals surface area contributed by atoms with Crippen molar-refractivity contribution in [3.8, 4) is 0 Å². The van der Waals surface area contributed by atoms with Crippen LogP contribution in [0.2, 0.25) is 5.02 Å². The fraction of sp³-hybridized carbons (Fsp3) is 0.417. The normalized spacial score (nSPS) is 22.7. The van der Waals surface area contributed by atoms with E-state index in [-0.39, 0.29) is 28.6 Å². The molecule has 0 saturated carbocycles. The van der Waals surface area contributed by atoms with Crippen LogP contribution in [0.15, 0.2) is 12.3 Å². The molecule has 1 fully saturated rings. The Balaban J connectivity index is 2.11. The lowest BCUT2D eigenvalue weighted by Gasteiger charge is -2.30. The highest BCUT2D eigenvalue weighted by Gasteiger charge is 2.25. The molecule has 102 valence electrons. The topological polar surface area (TPSA) is 91.3 Å². The van der Waals surface area contributed by atoms with Crippen molar-refractivity contribution < 1.29 is 14.7 Å². The summed E-state index contributed by atoms with van der Waals surface area (Å²) in [5.41, 5.74) is 0.0422. The number of amides is 1. The maximum Gasteiger partial charge on any atom is 0.337 e. The number of anilines is 1. The van der Waals surface area contributed by atoms with Gasteiger partial charge >= 0.3 is 5.97 Å². The van der Waals surface area contributed by atoms with Crippen molar-refractivity contribution in [1.29, 1.82) is 0 Å². The number of aromatic carboxylic acids is 1. The minimum atomic E-state index is -1.07. The molecule has 1 saturated heterocycles. The zero-order valence-corrected chi connectivity index (χ0v) is 11.1. The molecular weight excluding hydrogens is 270 g/mol. The molecule has 6 nitrogen and oxygen atoms in total. The smallest absolute Gasteiger partial charge is 0.337 e. The number of carbonyl (C=O) groups is 2. The molecule has 3 N–H and O–H groups in total. The van der Waals surface area contributed by atoms with E-state index in [1.54, 1.807) is 0 Å². The number of pyridine rings is 1. The van der Waals surface area contributed by atoms with Gasteiger partial charge in [-0.3, -0.25) is 4.79 Å². The summed E-state index contributed by atoms with van der Waals surface area (Å²) in [6.07, 6.45) is 2.39. The maximum atomic E-state index is 11.2. The predicted molar refractivity (Wildman–Crippen MR) is 70.5 cm³/mol. The molecule has 19 heavy (non-hydrogen) atoms. The summed E-state index contributed by atoms with van der Waals surface area (Å²) in [5, 5.41) is 15.0. The Morgan fingerprint density at radius 3 is 2.95 bits per heavy atom. The summed E-state index contributed by atoms with van der Waals surface area (Å²) in [6, 6.07) is 1.35. The van der Waals surface area contributed by atoms with Gasteiger partial charge in [-0.2, -0.15) is 0 Å². The molecule has 0 aromatic carbocycles. The molecule has 2 unspecified atom stereocenters. The molecule has 7 heteroatoms. The molecule has 1 aliphatic heterocycles. The highest BCUT2D eigenvalue weighted by molar-refractivity contribution is 6.33. The van der Waals surface area contributed by atoms with Gasteiger partial charge < -0.3 is 15.7 Å². The van der Waals surface area contributed by atoms with Crippen molar-refractivity contribution >= 4 is 29.3 Å². The second kappa shape index (κ2) is 5.44. The number of aromatic nitrogens is 1. The van der Waals surface area contributed by atoms with E-state index in [9.17, 15) is 9.59 Å². The number of carboxylic acid groups (broad SMARTS) is 1. The molecule has 1 amide bonds. The first-order valence-electron chi connectivity index (χ1n) is 5.92. The first-order chi connectivity index (χ1) is 8.97. The van der Waals surface area contributed by atoms with E-state index in [0.29, 0.717) is 18.7 Å². The highest BCUT2D eigenvalue weighted by atomic mass is 35.5. The van der Waals surface area contributed by atoms with E-state index in [2.05, 4.69) is 15.6 Å². The Kier molecular flexibility index (Phi) is 3.90. The first-order valence-corrected chi connectivity index (χ1v) is 6.30. The maximum absolute atomic E-state index is 11.2. The van der Waals surface area contributed by atoms with Gasteiger partial charge in [-0.25, -0.2) is 9.78 Å². The van der Waals surface area contributed by atoms with Crippen molar-refractivity contribution in [1.82, 2.24) is 10.3 Å². The summed E-state index contributed by atoms with van der Waals surface area (Å²) < 4.78 is 0. The van der Waals surface area contributed by atoms with Crippen molar-refractivity contribution in [3.05, 3.63) is 22.8 Å². The fourth-order valence-electron chi connectivity index (χ4n) is 2.00. The molecule has 1 aliphatic rings. The van der Waals surface area contributed by atoms with Gasteiger partial charge in [0.05, 0.1) is 10.6 Å². The summed E-state index contributed by atoms with van der Waals surface area (Å²) in [6.45, 7) is 1.90. The zero-order chi connectivity index (χ0) is 14.0. The Bertz CT molecular complexity index is 521. The molecular formula is C12H14ClN3O3. The summed E-state index contributed by atoms with van der Waals surface area (Å²) in [5.74, 6) is -0.607. The highest BCUT2D eigenvalue weighted by Crippen LogP contribution is 2.23. The van der Waals surface area contributed by atoms with E-state index in [1.807, 2.05) is 6.92 Å². The molecule has 0 aliphatic carbocycles. The Morgan fingerprint density at radius 1 is 1.63 bits per heavy atom. The number of rotatable bonds is 3. The lowest BCUT2D eigenvalue weighted by atomic mass is 9.99. The predicted octanol–water partition coefficient (Wildman–Crippen LogP) is 1.51. The van der Waals surface area contributed by atoms with Gasteiger partial charge in [0.25, 0.3) is 0 Å². The van der Waals surface area contributed by atoms with Gasteiger partial charge in [-0.05, 0) is 19.4 Å². The molecule has 2 atom stereocenters. The van der Waals surface area contributed by atoms with E-state index < -0.39 is 5.97 Å². The van der Waals surface area contributed by atoms with Gasteiger partial charge in [0.2, 0.25) is 5.91 Å². The number of nitrogens with zero attached hydrogens (tertiary/aromatic N) is 1. The number of piperidine rings is 1. The molecule has 1 aromatic rings. The average molecular weight is 284 g/mol. The minimum Gasteiger partial charge on any atom is -0.478 e. The van der Waals surface area contributed by atoms with Gasteiger partial charge in [-0.1, -0.05) is 11.6 Å². The van der Waals surface area contributed by atoms with E-state index in [4.69, 9.17) is 16.7 Å². The number of hydrogen-bond donors (Lipinski definition) is 3. The molecule has 0 spiro atoms. The number of carbonyl (C=O) groups excluding carboxylic acids is 1. The van der Waals surface area contributed by atoms with Crippen molar-refractivity contribution in [2.75, 3.05) is 5.32 Å². The first kappa shape index (κ1) is 13.6. The van der Waals surface area contributed by atoms with Crippen LogP contribution in [0.4, 0.5) is 5.82 Å². The van der Waals surface area contributed by atoms with Crippen LogP contribution in [-0.2, 0) is 4.79 Å². The van der Waals surface area contributed by atoms with Crippen molar-refractivity contribution in [2.24, 2.45) is 0 Å². The van der Waals surface area contributed by atoms with Crippen LogP contribution in [0.3, 0.4) is 0 Å². The Morgan fingerprint density at radius 2 is 2.37 bits per heavy atom. The number of hydrogen-bond acceptors (Lipinski definition) is 4. The summed E-state index contributed by atoms with van der Waals surface area (Å²) in [4.78, 5) is 26.0. The van der Waals surface area contributed by atoms with E-state index in [0.717, 1.165) is 0 Å². The summed E-state index contributed by atoms with van der Waals surface area (Å²) >= 11 is 5.99. The third-order valence-corrected chi connectivity index (χ3v) is 3.37. The van der Waals surface area contributed by atoms with E-state index in [1.165, 1.54) is 12.3 Å². The van der Waals surface area contributed by atoms with Crippen LogP contribution in [0.5, 0.6) is 0 Å². The third-order valence-electron chi connectivity index (χ3n) is 3.08. The van der Waals surface area contributed by atoms with Gasteiger partial charge in [0.15, 0.2) is 0 Å². The lowest BCUT2D eigenvalue weighted by Crippen LogP contribution is -2.49. The Hall–Kier alpha value is -1.82.